The third-order valence-corrected chi connectivity index (χ3v) is 7.79. The third-order valence-electron chi connectivity index (χ3n) is 7.79. The lowest BCUT2D eigenvalue weighted by molar-refractivity contribution is 0.0875. The Morgan fingerprint density at radius 2 is 0.694 bits per heavy atom. The van der Waals surface area contributed by atoms with Gasteiger partial charge in [0.1, 0.15) is 0 Å². The fourth-order valence-corrected chi connectivity index (χ4v) is 5.01. The normalized spacial score (nSPS) is 22.1. The topological polar surface area (TPSA) is 70.7 Å². The smallest absolute Gasteiger partial charge is 0.176 e. The standard InChI is InChI=1S/C27H42N6O3/c1-28-4-10-31(11-5-28)19-25(34)22-16-23(26(35)20-32-12-6-29(2)7-13-32)18-24(17-22)27(36)21-33-14-8-30(3)9-15-33/h16-18H,4-15,19-21H2,1-3H3. The molecule has 0 bridgehead atoms. The van der Waals surface area contributed by atoms with Crippen LogP contribution in [0.3, 0.4) is 0 Å². The summed E-state index contributed by atoms with van der Waals surface area (Å²) >= 11 is 0. The van der Waals surface area contributed by atoms with Crippen LogP contribution in [-0.4, -0.2) is 166 Å². The van der Waals surface area contributed by atoms with Crippen molar-refractivity contribution in [3.8, 4) is 0 Å². The van der Waals surface area contributed by atoms with Crippen molar-refractivity contribution in [3.63, 3.8) is 0 Å². The molecule has 4 rings (SSSR count). The maximum Gasteiger partial charge on any atom is 0.176 e. The molecule has 9 heteroatoms. The maximum atomic E-state index is 13.3. The molecule has 0 saturated carbocycles. The molecule has 36 heavy (non-hydrogen) atoms. The van der Waals surface area contributed by atoms with Crippen molar-refractivity contribution in [2.24, 2.45) is 0 Å². The summed E-state index contributed by atoms with van der Waals surface area (Å²) in [7, 11) is 6.27. The molecule has 3 aliphatic heterocycles. The lowest BCUT2D eigenvalue weighted by Crippen LogP contribution is -2.46. The Bertz CT molecular complexity index is 798. The number of benzene rings is 1. The SMILES string of the molecule is CN1CCN(CC(=O)c2cc(C(=O)CN3CCN(C)CC3)cc(C(=O)CN3CCN(C)CC3)c2)CC1. The van der Waals surface area contributed by atoms with Gasteiger partial charge in [0.2, 0.25) is 0 Å². The van der Waals surface area contributed by atoms with Crippen molar-refractivity contribution >= 4 is 17.3 Å². The van der Waals surface area contributed by atoms with E-state index in [-0.39, 0.29) is 17.3 Å². The van der Waals surface area contributed by atoms with E-state index in [1.54, 1.807) is 18.2 Å². The molecule has 3 aliphatic rings. The lowest BCUT2D eigenvalue weighted by Gasteiger charge is -2.32. The fraction of sp³-hybridized carbons (Fsp3) is 0.667. The summed E-state index contributed by atoms with van der Waals surface area (Å²) in [6.45, 7) is 11.6. The van der Waals surface area contributed by atoms with Crippen LogP contribution < -0.4 is 0 Å². The average Bonchev–Trinajstić information content (AvgIpc) is 2.87. The van der Waals surface area contributed by atoms with E-state index in [0.717, 1.165) is 78.5 Å². The Hall–Kier alpha value is -2.01. The summed E-state index contributed by atoms with van der Waals surface area (Å²) < 4.78 is 0. The van der Waals surface area contributed by atoms with Crippen molar-refractivity contribution < 1.29 is 14.4 Å². The zero-order chi connectivity index (χ0) is 25.7. The van der Waals surface area contributed by atoms with Gasteiger partial charge >= 0.3 is 0 Å². The Kier molecular flexibility index (Phi) is 9.38. The Labute approximate surface area is 215 Å². The van der Waals surface area contributed by atoms with E-state index < -0.39 is 0 Å². The molecule has 198 valence electrons. The molecule has 0 aliphatic carbocycles. The molecule has 0 N–H and O–H groups in total. The molecule has 1 aromatic rings. The van der Waals surface area contributed by atoms with Crippen molar-refractivity contribution in [3.05, 3.63) is 34.9 Å². The average molecular weight is 499 g/mol. The number of carbonyl (C=O) groups excluding carboxylic acids is 3. The first-order chi connectivity index (χ1) is 17.3. The summed E-state index contributed by atoms with van der Waals surface area (Å²) in [6, 6.07) is 5.14. The van der Waals surface area contributed by atoms with E-state index in [0.29, 0.717) is 36.3 Å². The van der Waals surface area contributed by atoms with E-state index in [2.05, 4.69) is 50.5 Å². The van der Waals surface area contributed by atoms with Crippen LogP contribution in [0.25, 0.3) is 0 Å². The van der Waals surface area contributed by atoms with Crippen molar-refractivity contribution in [1.29, 1.82) is 0 Å². The molecule has 0 spiro atoms. The van der Waals surface area contributed by atoms with Gasteiger partial charge < -0.3 is 14.7 Å². The minimum Gasteiger partial charge on any atom is -0.304 e. The van der Waals surface area contributed by atoms with Gasteiger partial charge in [-0.1, -0.05) is 0 Å². The number of piperazine rings is 3. The van der Waals surface area contributed by atoms with Crippen LogP contribution in [0.2, 0.25) is 0 Å². The molecule has 0 atom stereocenters. The highest BCUT2D eigenvalue weighted by Crippen LogP contribution is 2.16. The second-order valence-corrected chi connectivity index (χ2v) is 10.8. The molecule has 3 heterocycles. The Morgan fingerprint density at radius 1 is 0.472 bits per heavy atom. The second-order valence-electron chi connectivity index (χ2n) is 10.8. The van der Waals surface area contributed by atoms with Crippen molar-refractivity contribution in [1.82, 2.24) is 29.4 Å². The first-order valence-electron chi connectivity index (χ1n) is 13.2. The fourth-order valence-electron chi connectivity index (χ4n) is 5.01. The zero-order valence-electron chi connectivity index (χ0n) is 22.2. The van der Waals surface area contributed by atoms with E-state index in [1.807, 2.05) is 0 Å². The van der Waals surface area contributed by atoms with Crippen molar-refractivity contribution in [2.75, 3.05) is 119 Å². The molecule has 0 unspecified atom stereocenters. The van der Waals surface area contributed by atoms with Gasteiger partial charge in [0, 0.05) is 95.2 Å². The number of Topliss-reactive ketones (excluding diaryl/α,β-unsaturated/α-hetero) is 3. The zero-order valence-corrected chi connectivity index (χ0v) is 22.2. The van der Waals surface area contributed by atoms with Gasteiger partial charge in [-0.25, -0.2) is 0 Å². The molecule has 1 aromatic carbocycles. The molecular weight excluding hydrogens is 456 g/mol. The Balaban J connectivity index is 1.50. The van der Waals surface area contributed by atoms with Gasteiger partial charge in [-0.05, 0) is 39.3 Å². The summed E-state index contributed by atoms with van der Waals surface area (Å²) in [5.41, 5.74) is 1.42. The van der Waals surface area contributed by atoms with E-state index >= 15 is 0 Å². The van der Waals surface area contributed by atoms with E-state index in [9.17, 15) is 14.4 Å². The summed E-state index contributed by atoms with van der Waals surface area (Å²) in [5.74, 6) is -0.0765. The summed E-state index contributed by atoms with van der Waals surface area (Å²) in [5, 5.41) is 0. The van der Waals surface area contributed by atoms with Gasteiger partial charge in [-0.15, -0.1) is 0 Å². The van der Waals surface area contributed by atoms with E-state index in [1.165, 1.54) is 0 Å². The molecule has 3 fully saturated rings. The minimum absolute atomic E-state index is 0.0255. The highest BCUT2D eigenvalue weighted by atomic mass is 16.1. The quantitative estimate of drug-likeness (QED) is 0.437. The van der Waals surface area contributed by atoms with Crippen LogP contribution in [0, 0.1) is 0 Å². The molecule has 3 saturated heterocycles. The number of hydrogen-bond acceptors (Lipinski definition) is 9. The molecule has 0 amide bonds. The number of likely N-dealkylation sites (N-methyl/N-ethyl adjacent to an activating group) is 3. The van der Waals surface area contributed by atoms with Crippen LogP contribution >= 0.6 is 0 Å². The number of nitrogens with zero attached hydrogens (tertiary/aromatic N) is 6. The molecule has 9 nitrogen and oxygen atoms in total. The number of hydrogen-bond donors (Lipinski definition) is 0. The molecule has 0 aromatic heterocycles. The Morgan fingerprint density at radius 3 is 0.917 bits per heavy atom. The minimum atomic E-state index is -0.0255. The van der Waals surface area contributed by atoms with Gasteiger partial charge in [-0.2, -0.15) is 0 Å². The summed E-state index contributed by atoms with van der Waals surface area (Å²) in [6.07, 6.45) is 0. The number of carbonyl (C=O) groups is 3. The predicted octanol–water partition coefficient (Wildman–Crippen LogP) is -0.0231. The van der Waals surface area contributed by atoms with Gasteiger partial charge in [0.05, 0.1) is 19.6 Å². The first-order valence-corrected chi connectivity index (χ1v) is 13.2. The van der Waals surface area contributed by atoms with Crippen molar-refractivity contribution in [2.45, 2.75) is 0 Å². The highest BCUT2D eigenvalue weighted by Gasteiger charge is 2.24. The van der Waals surface area contributed by atoms with Crippen LogP contribution in [0.4, 0.5) is 0 Å². The van der Waals surface area contributed by atoms with Crippen LogP contribution in [0.1, 0.15) is 31.1 Å². The number of rotatable bonds is 9. The van der Waals surface area contributed by atoms with Gasteiger partial charge in [0.25, 0.3) is 0 Å². The monoisotopic (exact) mass is 498 g/mol. The van der Waals surface area contributed by atoms with Gasteiger partial charge in [0.15, 0.2) is 17.3 Å². The van der Waals surface area contributed by atoms with Crippen LogP contribution in [0.15, 0.2) is 18.2 Å². The van der Waals surface area contributed by atoms with Crippen LogP contribution in [-0.2, 0) is 0 Å². The highest BCUT2D eigenvalue weighted by molar-refractivity contribution is 6.07. The third kappa shape index (κ3) is 7.50. The predicted molar refractivity (Wildman–Crippen MR) is 141 cm³/mol. The molecular formula is C27H42N6O3. The maximum absolute atomic E-state index is 13.3. The van der Waals surface area contributed by atoms with Crippen LogP contribution in [0.5, 0.6) is 0 Å². The lowest BCUT2D eigenvalue weighted by atomic mass is 9.97. The second kappa shape index (κ2) is 12.5. The van der Waals surface area contributed by atoms with E-state index in [4.69, 9.17) is 0 Å². The summed E-state index contributed by atoms with van der Waals surface area (Å²) in [4.78, 5) is 53.1. The molecule has 0 radical (unpaired) electrons. The van der Waals surface area contributed by atoms with Gasteiger partial charge in [-0.3, -0.25) is 29.1 Å². The number of ketones is 3. The largest absolute Gasteiger partial charge is 0.304 e. The first kappa shape index (κ1) is 27.0.